The van der Waals surface area contributed by atoms with E-state index in [0.29, 0.717) is 68.1 Å². The number of fused-ring (bicyclic) bond motifs is 23. The topological polar surface area (TPSA) is 463 Å². The monoisotopic (exact) mass is 2050 g/mol. The lowest BCUT2D eigenvalue weighted by atomic mass is 9.64. The third-order valence-electron chi connectivity index (χ3n) is 35.1. The Labute approximate surface area is 857 Å². The molecular formula is C110H172O35. The first-order chi connectivity index (χ1) is 67.1. The van der Waals surface area contributed by atoms with Gasteiger partial charge in [0.1, 0.15) is 55.4 Å². The van der Waals surface area contributed by atoms with Crippen molar-refractivity contribution in [3.8, 4) is 0 Å². The molecule has 35 nitrogen and oxygen atoms in total. The summed E-state index contributed by atoms with van der Waals surface area (Å²) in [6, 6.07) is 0. The van der Waals surface area contributed by atoms with Gasteiger partial charge in [-0.15, -0.1) is 0 Å². The van der Waals surface area contributed by atoms with E-state index in [1.54, 1.807) is 13.8 Å². The van der Waals surface area contributed by atoms with Crippen LogP contribution < -0.4 is 0 Å². The van der Waals surface area contributed by atoms with Crippen LogP contribution in [-0.2, 0) is 157 Å². The molecule has 35 heteroatoms. The summed E-state index contributed by atoms with van der Waals surface area (Å²) in [6.07, 6.45) is 15.2. The number of carbonyl (C=O) groups excluding carboxylic acids is 15. The zero-order chi connectivity index (χ0) is 107. The fraction of sp³-hybridized carbons (Fsp3) is 0.845. The molecular weight excluding hydrogens is 1880 g/mol. The third kappa shape index (κ3) is 27.0. The maximum Gasteiger partial charge on any atom is 0.350 e. The fourth-order valence-corrected chi connectivity index (χ4v) is 22.8. The minimum Gasteiger partial charge on any atom is -0.469 e. The molecule has 0 amide bonds. The third-order valence-corrected chi connectivity index (χ3v) is 35.1. The SMILES string of the molecule is C.CCC(C)(C)C(=O)OC.CCC(C)(C)C(=O)OC.CCC(C)(C)C(=O)OC1C(=O)OC2C(O)C(O)OC12.CCC(C)(C)C(=O)OC1C(=O)OC2C1CC1OC(C)(C)OC12.CCC(C)(C)C(=O)OC1C(=O)OC2C=CCC21.CCC(C)(C)C(=O)OC1C(=O)OC2CCCC21.CCC(C)(C)C(=O)OC1COC(=O)C1.CCC1(C)CC(C)OC1=O.O=C1OCC2C3CC(C12)C1C2CCC(C2)C31.O=C1OCC2C3CCC(C3)C12. The summed E-state index contributed by atoms with van der Waals surface area (Å²) in [5, 5.41) is 18.9. The molecule has 2 N–H and O–H groups in total. The van der Waals surface area contributed by atoms with Crippen LogP contribution in [0.2, 0.25) is 0 Å². The molecule has 0 aromatic carbocycles. The average Bonchev–Trinajstić information content (AvgIpc) is 1.53. The Balaban J connectivity index is 0.000000181. The number of methoxy groups -OCH3 is 2. The Hall–Kier alpha value is -8.41. The molecule has 8 saturated carbocycles. The highest BCUT2D eigenvalue weighted by Crippen LogP contribution is 2.71. The fourth-order valence-electron chi connectivity index (χ4n) is 22.8. The van der Waals surface area contributed by atoms with Crippen LogP contribution in [0.4, 0.5) is 0 Å². The Morgan fingerprint density at radius 3 is 1.30 bits per heavy atom. The molecule has 822 valence electrons. The Morgan fingerprint density at radius 2 is 0.834 bits per heavy atom. The summed E-state index contributed by atoms with van der Waals surface area (Å²) in [7, 11) is 2.83. The predicted octanol–water partition coefficient (Wildman–Crippen LogP) is 15.2. The van der Waals surface area contributed by atoms with Gasteiger partial charge < -0.3 is 95.5 Å². The van der Waals surface area contributed by atoms with E-state index < -0.39 is 106 Å². The number of cyclic esters (lactones) is 4. The molecule has 145 heavy (non-hydrogen) atoms. The number of hydrogen-bond acceptors (Lipinski definition) is 35. The van der Waals surface area contributed by atoms with Gasteiger partial charge in [-0.05, 0) is 313 Å². The number of ether oxygens (including phenoxy) is 18. The van der Waals surface area contributed by atoms with Crippen molar-refractivity contribution in [1.82, 2.24) is 0 Å². The van der Waals surface area contributed by atoms with Crippen LogP contribution in [0.3, 0.4) is 0 Å². The van der Waals surface area contributed by atoms with Gasteiger partial charge in [0.2, 0.25) is 24.4 Å². The van der Waals surface area contributed by atoms with Gasteiger partial charge in [-0.3, -0.25) is 52.7 Å². The highest BCUT2D eigenvalue weighted by atomic mass is 16.8. The molecule has 10 saturated heterocycles. The second-order valence-corrected chi connectivity index (χ2v) is 47.8. The van der Waals surface area contributed by atoms with Gasteiger partial charge in [0, 0.05) is 23.7 Å². The van der Waals surface area contributed by atoms with Crippen LogP contribution in [0.5, 0.6) is 0 Å². The molecule has 19 rings (SSSR count). The number of hydrogen-bond donors (Lipinski definition) is 2. The van der Waals surface area contributed by atoms with Gasteiger partial charge >= 0.3 is 89.5 Å². The van der Waals surface area contributed by atoms with Crippen LogP contribution in [0, 0.1) is 132 Å². The standard InChI is InChI=1S/C16H24O6.C14H18O2.C13H20O4.C13H18O4.C12H18O7.C10H16O4.C9H12O2.C8H14O2.2C7H14O2.CH4/c1-6-15(2,3)14(18)20-11-8-7-9-12(10(8)19-13(11)17)22-16(4,5)21-9;15-14-13-9-4-8(10(13)5-16-14)11-6-1-2-7(3-6)12(9)11;2*1-4-13(2,3)12(15)17-10-8-6-5-7-9(8)16-11(10)14;1-4-12(2,3)11(16)19-8-7-6(17-10(8)15)5(13)9(14)18-7;1-4-10(2,3)9(12)14-7-5-8(11)13-6-7;10-9-8-6-2-1-5(3-6)7(8)4-11-9;1-4-8(3)5-6(2)10-7(8)9;2*1-5-7(2,3)6(8)9-4;/h8-12H,6-7H2,1-5H3;6-13H,1-5H2;8-10H,4-7H2,1-3H3;5,7-10H,4,6H2,1-3H3;5-9,13-14H,4H2,1-3H3;7H,4-6H2,1-3H3;5-8H,1-4H2;6H,4-5H2,1-3H3;2*5H2,1-4H3;1H4. The number of aliphatic hydroxyl groups excluding tert-OH is 2. The summed E-state index contributed by atoms with van der Waals surface area (Å²) < 4.78 is 93.1. The van der Waals surface area contributed by atoms with E-state index in [0.717, 1.165) is 106 Å². The van der Waals surface area contributed by atoms with Crippen LogP contribution >= 0.6 is 0 Å². The van der Waals surface area contributed by atoms with Crippen molar-refractivity contribution >= 4 is 89.5 Å². The van der Waals surface area contributed by atoms with E-state index in [1.165, 1.54) is 59.2 Å². The zero-order valence-electron chi connectivity index (χ0n) is 90.5. The second-order valence-electron chi connectivity index (χ2n) is 47.8. The molecule has 0 spiro atoms. The lowest BCUT2D eigenvalue weighted by Gasteiger charge is -2.38. The number of aliphatic hydroxyl groups is 2. The van der Waals surface area contributed by atoms with Crippen molar-refractivity contribution in [2.45, 2.75) is 426 Å². The maximum absolute atomic E-state index is 12.2. The predicted molar refractivity (Wildman–Crippen MR) is 522 cm³/mol. The highest BCUT2D eigenvalue weighted by Gasteiger charge is 2.70. The Kier molecular flexibility index (Phi) is 40.0. The quantitative estimate of drug-likeness (QED) is 0.0495. The summed E-state index contributed by atoms with van der Waals surface area (Å²) >= 11 is 0. The number of rotatable bonds is 20. The summed E-state index contributed by atoms with van der Waals surface area (Å²) in [5.41, 5.74) is -3.72. The van der Waals surface area contributed by atoms with Crippen molar-refractivity contribution in [2.75, 3.05) is 34.0 Å². The zero-order valence-corrected chi connectivity index (χ0v) is 90.5. The lowest BCUT2D eigenvalue weighted by Crippen LogP contribution is -2.39. The van der Waals surface area contributed by atoms with E-state index in [-0.39, 0.29) is 163 Å². The highest BCUT2D eigenvalue weighted by molar-refractivity contribution is 5.87. The van der Waals surface area contributed by atoms with E-state index in [9.17, 15) is 82.1 Å². The van der Waals surface area contributed by atoms with Gasteiger partial charge in [0.05, 0.1) is 101 Å². The van der Waals surface area contributed by atoms with Crippen LogP contribution in [0.25, 0.3) is 0 Å². The van der Waals surface area contributed by atoms with Gasteiger partial charge in [-0.25, -0.2) is 19.2 Å². The molecule has 31 atom stereocenters. The lowest BCUT2D eigenvalue weighted by molar-refractivity contribution is -0.185. The molecule has 0 aromatic rings. The van der Waals surface area contributed by atoms with Crippen molar-refractivity contribution < 1.29 is 167 Å². The summed E-state index contributed by atoms with van der Waals surface area (Å²) in [4.78, 5) is 173. The summed E-state index contributed by atoms with van der Waals surface area (Å²) in [5.74, 6) is 4.00. The molecule has 10 heterocycles. The van der Waals surface area contributed by atoms with Crippen molar-refractivity contribution in [3.63, 3.8) is 0 Å². The normalized spacial score (nSPS) is 35.8. The van der Waals surface area contributed by atoms with E-state index in [2.05, 4.69) is 9.47 Å². The molecule has 10 aliphatic heterocycles. The Bertz CT molecular complexity index is 4550. The van der Waals surface area contributed by atoms with Crippen LogP contribution in [0.15, 0.2) is 12.2 Å². The molecule has 18 fully saturated rings. The van der Waals surface area contributed by atoms with E-state index in [1.807, 2.05) is 178 Å². The largest absolute Gasteiger partial charge is 0.469 e. The van der Waals surface area contributed by atoms with E-state index in [4.69, 9.17) is 75.8 Å². The molecule has 19 aliphatic rings. The molecule has 9 aliphatic carbocycles. The molecule has 31 unspecified atom stereocenters. The van der Waals surface area contributed by atoms with Crippen molar-refractivity contribution in [1.29, 1.82) is 0 Å². The first-order valence-corrected chi connectivity index (χ1v) is 52.9. The molecule has 0 aromatic heterocycles. The minimum atomic E-state index is -1.44. The minimum absolute atomic E-state index is 0. The van der Waals surface area contributed by atoms with Crippen molar-refractivity contribution in [3.05, 3.63) is 12.2 Å². The van der Waals surface area contributed by atoms with Gasteiger partial charge in [0.15, 0.2) is 18.2 Å². The number of carbonyl (C=O) groups is 15. The number of esters is 15. The van der Waals surface area contributed by atoms with Crippen molar-refractivity contribution in [2.24, 2.45) is 132 Å². The first kappa shape index (κ1) is 120. The van der Waals surface area contributed by atoms with Gasteiger partial charge in [-0.1, -0.05) is 68.9 Å². The van der Waals surface area contributed by atoms with E-state index >= 15 is 0 Å². The average molecular weight is 2050 g/mol. The number of allylic oxidation sites excluding steroid dienone is 1. The second kappa shape index (κ2) is 48.3. The Morgan fingerprint density at radius 1 is 0.400 bits per heavy atom. The molecule has 0 radical (unpaired) electrons. The van der Waals surface area contributed by atoms with Gasteiger partial charge in [-0.2, -0.15) is 0 Å². The molecule has 6 bridgehead atoms. The summed E-state index contributed by atoms with van der Waals surface area (Å²) in [6.45, 7) is 50.3. The van der Waals surface area contributed by atoms with Crippen LogP contribution in [0.1, 0.15) is 329 Å². The first-order valence-electron chi connectivity index (χ1n) is 52.9. The smallest absolute Gasteiger partial charge is 0.350 e. The van der Waals surface area contributed by atoms with Gasteiger partial charge in [0.25, 0.3) is 0 Å². The maximum atomic E-state index is 12.2. The van der Waals surface area contributed by atoms with Crippen LogP contribution in [-0.4, -0.2) is 231 Å².